The van der Waals surface area contributed by atoms with Crippen molar-refractivity contribution in [2.75, 3.05) is 44.9 Å². The summed E-state index contributed by atoms with van der Waals surface area (Å²) in [4.78, 5) is 33.7. The van der Waals surface area contributed by atoms with Crippen molar-refractivity contribution < 1.29 is 14.0 Å². The molecule has 0 aliphatic carbocycles. The maximum absolute atomic E-state index is 15.0. The first-order chi connectivity index (χ1) is 18.1. The molecule has 2 aromatic carbocycles. The summed E-state index contributed by atoms with van der Waals surface area (Å²) < 4.78 is 15.0. The highest BCUT2D eigenvalue weighted by molar-refractivity contribution is 6.30. The van der Waals surface area contributed by atoms with E-state index < -0.39 is 17.6 Å². The molecule has 8 nitrogen and oxygen atoms in total. The average molecular weight is 535 g/mol. The van der Waals surface area contributed by atoms with Gasteiger partial charge in [-0.05, 0) is 69.5 Å². The molecule has 38 heavy (non-hydrogen) atoms. The molecule has 0 saturated carbocycles. The minimum absolute atomic E-state index is 0.0729. The van der Waals surface area contributed by atoms with E-state index in [1.165, 1.54) is 36.5 Å². The molecular formula is C28H28ClFN6O2. The van der Waals surface area contributed by atoms with Crippen molar-refractivity contribution in [3.63, 3.8) is 0 Å². The van der Waals surface area contributed by atoms with E-state index in [0.717, 1.165) is 19.0 Å². The number of nitrogens with one attached hydrogen (secondary N) is 3. The highest BCUT2D eigenvalue weighted by Crippen LogP contribution is 2.22. The van der Waals surface area contributed by atoms with Crippen LogP contribution in [0.3, 0.4) is 0 Å². The zero-order chi connectivity index (χ0) is 27.8. The van der Waals surface area contributed by atoms with Crippen LogP contribution in [0, 0.1) is 23.6 Å². The number of anilines is 2. The molecule has 0 saturated heterocycles. The number of rotatable bonds is 9. The van der Waals surface area contributed by atoms with Gasteiger partial charge in [0.2, 0.25) is 0 Å². The minimum Gasteiger partial charge on any atom is -0.360 e. The van der Waals surface area contributed by atoms with Crippen molar-refractivity contribution in [1.29, 1.82) is 5.41 Å². The Bertz CT molecular complexity index is 1390. The van der Waals surface area contributed by atoms with Crippen LogP contribution in [0.15, 0.2) is 54.7 Å². The molecule has 0 bridgehead atoms. The summed E-state index contributed by atoms with van der Waals surface area (Å²) in [7, 11) is 5.71. The summed E-state index contributed by atoms with van der Waals surface area (Å²) in [5.74, 6) is 0.721. The van der Waals surface area contributed by atoms with E-state index in [1.807, 2.05) is 19.0 Å². The highest BCUT2D eigenvalue weighted by atomic mass is 35.5. The fourth-order valence-electron chi connectivity index (χ4n) is 3.56. The number of halogens is 2. The van der Waals surface area contributed by atoms with Crippen molar-refractivity contribution >= 4 is 40.8 Å². The average Bonchev–Trinajstić information content (AvgIpc) is 2.89. The minimum atomic E-state index is -0.789. The first kappa shape index (κ1) is 28.3. The van der Waals surface area contributed by atoms with Crippen LogP contribution in [0.1, 0.15) is 38.3 Å². The molecule has 3 aromatic rings. The Balaban J connectivity index is 1.78. The van der Waals surface area contributed by atoms with Gasteiger partial charge in [-0.25, -0.2) is 9.37 Å². The van der Waals surface area contributed by atoms with Crippen molar-refractivity contribution in [3.8, 4) is 12.3 Å². The number of terminal acetylenes is 1. The van der Waals surface area contributed by atoms with Crippen LogP contribution in [0.5, 0.6) is 0 Å². The number of carbonyl (C=O) groups is 2. The van der Waals surface area contributed by atoms with E-state index in [9.17, 15) is 14.0 Å². The fourth-order valence-corrected chi connectivity index (χ4v) is 3.67. The number of nitrogens with zero attached hydrogens (tertiary/aromatic N) is 3. The van der Waals surface area contributed by atoms with E-state index in [4.69, 9.17) is 23.4 Å². The lowest BCUT2D eigenvalue weighted by Gasteiger charge is -2.21. The monoisotopic (exact) mass is 534 g/mol. The van der Waals surface area contributed by atoms with Crippen molar-refractivity contribution in [3.05, 3.63) is 87.8 Å². The molecule has 2 amide bonds. The molecule has 0 aliphatic rings. The van der Waals surface area contributed by atoms with E-state index in [2.05, 4.69) is 21.5 Å². The zero-order valence-corrected chi connectivity index (χ0v) is 22.1. The van der Waals surface area contributed by atoms with Crippen molar-refractivity contribution in [2.45, 2.75) is 6.42 Å². The van der Waals surface area contributed by atoms with Gasteiger partial charge in [0.1, 0.15) is 17.5 Å². The Kier molecular flexibility index (Phi) is 9.55. The van der Waals surface area contributed by atoms with Gasteiger partial charge in [-0.3, -0.25) is 15.0 Å². The highest BCUT2D eigenvalue weighted by Gasteiger charge is 2.19. The van der Waals surface area contributed by atoms with Gasteiger partial charge in [0.25, 0.3) is 11.8 Å². The smallest absolute Gasteiger partial charge is 0.258 e. The summed E-state index contributed by atoms with van der Waals surface area (Å²) in [5, 5.41) is 14.0. The number of pyridine rings is 1. The molecular weight excluding hydrogens is 507 g/mol. The normalized spacial score (nSPS) is 10.6. The van der Waals surface area contributed by atoms with E-state index in [1.54, 1.807) is 24.1 Å². The maximum Gasteiger partial charge on any atom is 0.258 e. The molecule has 1 heterocycles. The first-order valence-electron chi connectivity index (χ1n) is 11.7. The molecule has 0 spiro atoms. The molecule has 0 aliphatic heterocycles. The van der Waals surface area contributed by atoms with Gasteiger partial charge in [0, 0.05) is 30.9 Å². The molecule has 196 valence electrons. The molecule has 0 radical (unpaired) electrons. The molecule has 1 aromatic heterocycles. The Morgan fingerprint density at radius 1 is 1.03 bits per heavy atom. The summed E-state index contributed by atoms with van der Waals surface area (Å²) in [6, 6.07) is 11.5. The number of amides is 2. The predicted molar refractivity (Wildman–Crippen MR) is 149 cm³/mol. The summed E-state index contributed by atoms with van der Waals surface area (Å²) in [6.07, 6.45) is 7.71. The van der Waals surface area contributed by atoms with Crippen LogP contribution < -0.4 is 10.6 Å². The second kappa shape index (κ2) is 12.8. The largest absolute Gasteiger partial charge is 0.360 e. The lowest BCUT2D eigenvalue weighted by atomic mass is 10.1. The Morgan fingerprint density at radius 2 is 1.76 bits per heavy atom. The van der Waals surface area contributed by atoms with E-state index >= 15 is 0 Å². The molecule has 0 fully saturated rings. The Morgan fingerprint density at radius 3 is 2.39 bits per heavy atom. The van der Waals surface area contributed by atoms with Gasteiger partial charge < -0.3 is 20.4 Å². The summed E-state index contributed by atoms with van der Waals surface area (Å²) >= 11 is 5.84. The van der Waals surface area contributed by atoms with Crippen LogP contribution in [0.4, 0.5) is 15.9 Å². The fraction of sp³-hybridized carbons (Fsp3) is 0.214. The second-order valence-electron chi connectivity index (χ2n) is 8.80. The number of benzene rings is 2. The van der Waals surface area contributed by atoms with Gasteiger partial charge in [-0.1, -0.05) is 23.6 Å². The first-order valence-corrected chi connectivity index (χ1v) is 12.1. The third-order valence-corrected chi connectivity index (χ3v) is 5.84. The van der Waals surface area contributed by atoms with E-state index in [-0.39, 0.29) is 28.5 Å². The SMILES string of the molecule is C#Cc1ccc(NC(=O)c2ccc(C(=N)N(C)CCCN(C)C)cc2F)c(C(=O)Nc2ccc(Cl)cn2)c1. The quantitative estimate of drug-likeness (QED) is 0.212. The number of hydrogen-bond donors (Lipinski definition) is 3. The third kappa shape index (κ3) is 7.38. The van der Waals surface area contributed by atoms with Gasteiger partial charge in [0.15, 0.2) is 0 Å². The Hall–Kier alpha value is -4.26. The standard InChI is InChI=1S/C28H28ClFN6O2/c1-5-18-7-11-24(22(15-18)28(38)34-25-12-9-20(29)17-32-25)33-27(37)21-10-8-19(16-23(21)30)26(31)36(4)14-6-13-35(2)3/h1,7-12,15-17,31H,6,13-14H2,2-4H3,(H,33,37)(H,32,34,38). The lowest BCUT2D eigenvalue weighted by Crippen LogP contribution is -2.30. The van der Waals surface area contributed by atoms with E-state index in [0.29, 0.717) is 22.7 Å². The number of aromatic nitrogens is 1. The number of hydrogen-bond acceptors (Lipinski definition) is 5. The molecule has 3 rings (SSSR count). The van der Waals surface area contributed by atoms with Crippen LogP contribution >= 0.6 is 11.6 Å². The maximum atomic E-state index is 15.0. The van der Waals surface area contributed by atoms with Crippen molar-refractivity contribution in [1.82, 2.24) is 14.8 Å². The zero-order valence-electron chi connectivity index (χ0n) is 21.3. The van der Waals surface area contributed by atoms with Gasteiger partial charge in [-0.15, -0.1) is 6.42 Å². The number of amidine groups is 1. The van der Waals surface area contributed by atoms with Gasteiger partial charge in [0.05, 0.1) is 21.8 Å². The molecule has 10 heteroatoms. The lowest BCUT2D eigenvalue weighted by molar-refractivity contribution is 0.102. The molecule has 3 N–H and O–H groups in total. The second-order valence-corrected chi connectivity index (χ2v) is 9.23. The predicted octanol–water partition coefficient (Wildman–Crippen LogP) is 4.57. The number of carbonyl (C=O) groups excluding carboxylic acids is 2. The van der Waals surface area contributed by atoms with Crippen molar-refractivity contribution in [2.24, 2.45) is 0 Å². The Labute approximate surface area is 226 Å². The topological polar surface area (TPSA) is 101 Å². The van der Waals surface area contributed by atoms with Crippen LogP contribution in [-0.2, 0) is 0 Å². The van der Waals surface area contributed by atoms with Gasteiger partial charge in [-0.2, -0.15) is 0 Å². The summed E-state index contributed by atoms with van der Waals surface area (Å²) in [5.41, 5.74) is 0.742. The van der Waals surface area contributed by atoms with Crippen LogP contribution in [0.25, 0.3) is 0 Å². The summed E-state index contributed by atoms with van der Waals surface area (Å²) in [6.45, 7) is 1.49. The van der Waals surface area contributed by atoms with Crippen LogP contribution in [0.2, 0.25) is 5.02 Å². The molecule has 0 unspecified atom stereocenters. The van der Waals surface area contributed by atoms with Gasteiger partial charge >= 0.3 is 0 Å². The molecule has 0 atom stereocenters. The third-order valence-electron chi connectivity index (χ3n) is 5.62. The van der Waals surface area contributed by atoms with Crippen LogP contribution in [-0.4, -0.2) is 66.7 Å².